The number of allylic oxidation sites excluding steroid dienone is 4. The maximum atomic E-state index is 10.0. The van der Waals surface area contributed by atoms with E-state index in [1.165, 1.54) is 0 Å². The summed E-state index contributed by atoms with van der Waals surface area (Å²) >= 11 is 0. The molecular formula is C9H15NO. The molecule has 0 fully saturated rings. The van der Waals surface area contributed by atoms with Crippen molar-refractivity contribution >= 4 is 6.29 Å². The van der Waals surface area contributed by atoms with E-state index >= 15 is 0 Å². The van der Waals surface area contributed by atoms with Crippen molar-refractivity contribution in [1.29, 1.82) is 0 Å². The summed E-state index contributed by atoms with van der Waals surface area (Å²) in [4.78, 5) is 12.0. The molecule has 0 aromatic heterocycles. The highest BCUT2D eigenvalue weighted by molar-refractivity contribution is 5.66. The van der Waals surface area contributed by atoms with Gasteiger partial charge in [-0.1, -0.05) is 0 Å². The van der Waals surface area contributed by atoms with E-state index in [0.29, 0.717) is 0 Å². The fourth-order valence-electron chi connectivity index (χ4n) is 0.614. The molecule has 0 amide bonds. The van der Waals surface area contributed by atoms with Crippen LogP contribution in [0.25, 0.3) is 0 Å². The van der Waals surface area contributed by atoms with Crippen LogP contribution in [0.15, 0.2) is 23.4 Å². The third kappa shape index (κ3) is 4.37. The molecule has 2 heteroatoms. The summed E-state index contributed by atoms with van der Waals surface area (Å²) in [5.41, 5.74) is 2.12. The number of nitrogens with zero attached hydrogens (tertiary/aromatic N) is 1. The first-order chi connectivity index (χ1) is 5.07. The minimum atomic E-state index is 0.800. The Labute approximate surface area is 68.2 Å². The van der Waals surface area contributed by atoms with Gasteiger partial charge in [0.1, 0.15) is 6.29 Å². The Kier molecular flexibility index (Phi) is 4.27. The largest absolute Gasteiger partial charge is 0.381 e. The zero-order chi connectivity index (χ0) is 8.85. The molecule has 0 aliphatic carbocycles. The van der Waals surface area contributed by atoms with Crippen LogP contribution in [0.3, 0.4) is 0 Å². The average molecular weight is 153 g/mol. The highest BCUT2D eigenvalue weighted by Gasteiger charge is 1.89. The Morgan fingerprint density at radius 1 is 1.27 bits per heavy atom. The second kappa shape index (κ2) is 4.72. The van der Waals surface area contributed by atoms with Crippen LogP contribution >= 0.6 is 0 Å². The summed E-state index contributed by atoms with van der Waals surface area (Å²) in [6.45, 7) is 3.91. The summed E-state index contributed by atoms with van der Waals surface area (Å²) < 4.78 is 0. The van der Waals surface area contributed by atoms with Gasteiger partial charge in [0.15, 0.2) is 0 Å². The summed E-state index contributed by atoms with van der Waals surface area (Å²) in [6, 6.07) is 0. The molecule has 2 nitrogen and oxygen atoms in total. The molecule has 11 heavy (non-hydrogen) atoms. The van der Waals surface area contributed by atoms with Crippen molar-refractivity contribution in [3.05, 3.63) is 23.4 Å². The van der Waals surface area contributed by atoms with Crippen LogP contribution < -0.4 is 0 Å². The van der Waals surface area contributed by atoms with Gasteiger partial charge in [-0.05, 0) is 31.6 Å². The number of carbonyl (C=O) groups is 1. The molecule has 0 bridgehead atoms. The number of carbonyl (C=O) groups excluding carboxylic acids is 1. The second-order valence-corrected chi connectivity index (χ2v) is 2.73. The van der Waals surface area contributed by atoms with E-state index in [4.69, 9.17) is 0 Å². The minimum Gasteiger partial charge on any atom is -0.381 e. The van der Waals surface area contributed by atoms with Gasteiger partial charge in [0.25, 0.3) is 0 Å². The van der Waals surface area contributed by atoms with Crippen molar-refractivity contribution in [3.63, 3.8) is 0 Å². The quantitative estimate of drug-likeness (QED) is 0.348. The standard InChI is InChI=1S/C9H15NO/c1-8(5-6-11)7-9(2)10(3)4/h5-7H,1-4H3. The third-order valence-corrected chi connectivity index (χ3v) is 1.47. The van der Waals surface area contributed by atoms with Crippen molar-refractivity contribution in [2.75, 3.05) is 14.1 Å². The Bertz CT molecular complexity index is 190. The lowest BCUT2D eigenvalue weighted by molar-refractivity contribution is -0.104. The lowest BCUT2D eigenvalue weighted by Crippen LogP contribution is -2.07. The van der Waals surface area contributed by atoms with Gasteiger partial charge in [-0.25, -0.2) is 0 Å². The van der Waals surface area contributed by atoms with Crippen LogP contribution in [0.2, 0.25) is 0 Å². The Morgan fingerprint density at radius 2 is 1.82 bits per heavy atom. The monoisotopic (exact) mass is 153 g/mol. The molecule has 0 aliphatic rings. The van der Waals surface area contributed by atoms with Crippen LogP contribution in [-0.4, -0.2) is 25.3 Å². The first-order valence-electron chi connectivity index (χ1n) is 3.55. The number of hydrogen-bond donors (Lipinski definition) is 0. The molecule has 0 radical (unpaired) electrons. The van der Waals surface area contributed by atoms with Crippen molar-refractivity contribution in [2.45, 2.75) is 13.8 Å². The molecule has 0 heterocycles. The van der Waals surface area contributed by atoms with Crippen LogP contribution in [0.1, 0.15) is 13.8 Å². The SMILES string of the molecule is CC(=CC=O)C=C(C)N(C)C. The highest BCUT2D eigenvalue weighted by Crippen LogP contribution is 2.02. The van der Waals surface area contributed by atoms with Gasteiger partial charge < -0.3 is 4.90 Å². The Balaban J connectivity index is 4.30. The van der Waals surface area contributed by atoms with Gasteiger partial charge in [0.2, 0.25) is 0 Å². The van der Waals surface area contributed by atoms with Gasteiger partial charge in [-0.15, -0.1) is 0 Å². The smallest absolute Gasteiger partial charge is 0.143 e. The van der Waals surface area contributed by atoms with E-state index in [1.54, 1.807) is 6.08 Å². The van der Waals surface area contributed by atoms with E-state index in [2.05, 4.69) is 0 Å². The average Bonchev–Trinajstić information content (AvgIpc) is 1.87. The van der Waals surface area contributed by atoms with E-state index in [0.717, 1.165) is 17.6 Å². The van der Waals surface area contributed by atoms with Crippen LogP contribution in [0, 0.1) is 0 Å². The van der Waals surface area contributed by atoms with Crippen LogP contribution in [-0.2, 0) is 4.79 Å². The number of hydrogen-bond acceptors (Lipinski definition) is 2. The zero-order valence-corrected chi connectivity index (χ0v) is 7.59. The molecule has 0 N–H and O–H groups in total. The summed E-state index contributed by atoms with van der Waals surface area (Å²) in [7, 11) is 3.94. The van der Waals surface area contributed by atoms with E-state index in [-0.39, 0.29) is 0 Å². The van der Waals surface area contributed by atoms with Gasteiger partial charge in [0.05, 0.1) is 0 Å². The van der Waals surface area contributed by atoms with E-state index in [1.807, 2.05) is 38.9 Å². The maximum Gasteiger partial charge on any atom is 0.143 e. The lowest BCUT2D eigenvalue weighted by Gasteiger charge is -2.12. The summed E-state index contributed by atoms with van der Waals surface area (Å²) in [5.74, 6) is 0. The molecule has 0 atom stereocenters. The van der Waals surface area contributed by atoms with Gasteiger partial charge in [0, 0.05) is 19.8 Å². The molecular weight excluding hydrogens is 138 g/mol. The first-order valence-corrected chi connectivity index (χ1v) is 3.55. The highest BCUT2D eigenvalue weighted by atomic mass is 16.1. The van der Waals surface area contributed by atoms with Crippen molar-refractivity contribution in [2.24, 2.45) is 0 Å². The number of rotatable bonds is 3. The van der Waals surface area contributed by atoms with Crippen LogP contribution in [0.5, 0.6) is 0 Å². The summed E-state index contributed by atoms with van der Waals surface area (Å²) in [5, 5.41) is 0. The fourth-order valence-corrected chi connectivity index (χ4v) is 0.614. The van der Waals surface area contributed by atoms with Gasteiger partial charge in [-0.2, -0.15) is 0 Å². The lowest BCUT2D eigenvalue weighted by atomic mass is 10.2. The van der Waals surface area contributed by atoms with Crippen LogP contribution in [0.4, 0.5) is 0 Å². The molecule has 0 rings (SSSR count). The Morgan fingerprint density at radius 3 is 2.18 bits per heavy atom. The molecule has 0 spiro atoms. The zero-order valence-electron chi connectivity index (χ0n) is 7.59. The predicted octanol–water partition coefficient (Wildman–Crippen LogP) is 1.60. The molecule has 0 saturated heterocycles. The molecule has 62 valence electrons. The third-order valence-electron chi connectivity index (χ3n) is 1.47. The predicted molar refractivity (Wildman–Crippen MR) is 47.3 cm³/mol. The fraction of sp³-hybridized carbons (Fsp3) is 0.444. The number of aldehydes is 1. The van der Waals surface area contributed by atoms with E-state index < -0.39 is 0 Å². The first kappa shape index (κ1) is 9.95. The second-order valence-electron chi connectivity index (χ2n) is 2.73. The van der Waals surface area contributed by atoms with Crippen molar-refractivity contribution in [3.8, 4) is 0 Å². The normalized spacial score (nSPS) is 13.1. The van der Waals surface area contributed by atoms with E-state index in [9.17, 15) is 4.79 Å². The van der Waals surface area contributed by atoms with Crippen molar-refractivity contribution < 1.29 is 4.79 Å². The molecule has 0 aromatic carbocycles. The topological polar surface area (TPSA) is 20.3 Å². The molecule has 0 saturated carbocycles. The molecule has 0 aromatic rings. The summed E-state index contributed by atoms with van der Waals surface area (Å²) in [6.07, 6.45) is 4.32. The Hall–Kier alpha value is -1.05. The minimum absolute atomic E-state index is 0.800. The molecule has 0 aliphatic heterocycles. The molecule has 0 unspecified atom stereocenters. The van der Waals surface area contributed by atoms with Gasteiger partial charge in [-0.3, -0.25) is 4.79 Å². The maximum absolute atomic E-state index is 10.0. The van der Waals surface area contributed by atoms with Gasteiger partial charge >= 0.3 is 0 Å². The van der Waals surface area contributed by atoms with Crippen molar-refractivity contribution in [1.82, 2.24) is 4.90 Å².